The molecular formula is C14H16O. The Labute approximate surface area is 90.8 Å². The second-order valence-corrected chi connectivity index (χ2v) is 4.20. The molecule has 0 aliphatic heterocycles. The molecule has 0 aromatic heterocycles. The highest BCUT2D eigenvalue weighted by atomic mass is 16.3. The van der Waals surface area contributed by atoms with Gasteiger partial charge in [-0.3, -0.25) is 0 Å². The number of aliphatic hydroxyl groups excluding tert-OH is 1. The number of hydrogen-bond donors (Lipinski definition) is 1. The minimum atomic E-state index is 0.417. The lowest BCUT2D eigenvalue weighted by Gasteiger charge is -2.17. The Kier molecular flexibility index (Phi) is 2.63. The maximum absolute atomic E-state index is 9.49. The highest BCUT2D eigenvalue weighted by Gasteiger charge is 2.13. The van der Waals surface area contributed by atoms with Crippen LogP contribution in [0.1, 0.15) is 30.4 Å². The molecule has 2 rings (SSSR count). The maximum atomic E-state index is 9.49. The van der Waals surface area contributed by atoms with Gasteiger partial charge in [-0.1, -0.05) is 35.9 Å². The normalized spacial score (nSPS) is 20.8. The molecule has 0 amide bonds. The summed E-state index contributed by atoms with van der Waals surface area (Å²) in [5, 5.41) is 9.49. The van der Waals surface area contributed by atoms with E-state index in [1.165, 1.54) is 11.1 Å². The van der Waals surface area contributed by atoms with Crippen LogP contribution in [0.3, 0.4) is 0 Å². The van der Waals surface area contributed by atoms with Gasteiger partial charge in [-0.15, -0.1) is 0 Å². The second-order valence-electron chi connectivity index (χ2n) is 4.20. The van der Waals surface area contributed by atoms with Gasteiger partial charge in [-0.05, 0) is 37.5 Å². The van der Waals surface area contributed by atoms with E-state index < -0.39 is 0 Å². The molecule has 1 atom stereocenters. The van der Waals surface area contributed by atoms with Crippen molar-refractivity contribution in [3.8, 4) is 0 Å². The largest absolute Gasteiger partial charge is 0.508 e. The molecule has 1 unspecified atom stereocenters. The predicted octanol–water partition coefficient (Wildman–Crippen LogP) is 3.87. The number of benzene rings is 1. The summed E-state index contributed by atoms with van der Waals surface area (Å²) >= 11 is 0. The van der Waals surface area contributed by atoms with Crippen LogP contribution in [-0.4, -0.2) is 5.11 Å². The molecule has 0 saturated heterocycles. The van der Waals surface area contributed by atoms with Crippen molar-refractivity contribution in [2.75, 3.05) is 0 Å². The summed E-state index contributed by atoms with van der Waals surface area (Å²) in [4.78, 5) is 0. The Morgan fingerprint density at radius 3 is 2.73 bits per heavy atom. The van der Waals surface area contributed by atoms with Gasteiger partial charge in [0, 0.05) is 5.92 Å². The molecule has 1 heteroatoms. The predicted molar refractivity (Wildman–Crippen MR) is 63.0 cm³/mol. The summed E-state index contributed by atoms with van der Waals surface area (Å²) in [6, 6.07) is 8.56. The summed E-state index contributed by atoms with van der Waals surface area (Å²) in [7, 11) is 0. The lowest BCUT2D eigenvalue weighted by atomic mass is 9.89. The molecule has 1 aliphatic rings. The Bertz CT molecular complexity index is 427. The molecular weight excluding hydrogens is 184 g/mol. The van der Waals surface area contributed by atoms with Crippen LogP contribution in [0.2, 0.25) is 0 Å². The van der Waals surface area contributed by atoms with Crippen molar-refractivity contribution in [3.63, 3.8) is 0 Å². The van der Waals surface area contributed by atoms with Gasteiger partial charge < -0.3 is 5.11 Å². The van der Waals surface area contributed by atoms with E-state index in [9.17, 15) is 5.11 Å². The highest BCUT2D eigenvalue weighted by molar-refractivity contribution is 5.36. The smallest absolute Gasteiger partial charge is 0.114 e. The Balaban J connectivity index is 2.28. The van der Waals surface area contributed by atoms with Gasteiger partial charge in [0.15, 0.2) is 0 Å². The average molecular weight is 200 g/mol. The lowest BCUT2D eigenvalue weighted by Crippen LogP contribution is -2.02. The monoisotopic (exact) mass is 200 g/mol. The number of hydrogen-bond acceptors (Lipinski definition) is 1. The summed E-state index contributed by atoms with van der Waals surface area (Å²) in [6.45, 7) is 4.06. The molecule has 1 N–H and O–H groups in total. The van der Waals surface area contributed by atoms with Gasteiger partial charge in [0.05, 0.1) is 0 Å². The molecule has 15 heavy (non-hydrogen) atoms. The Morgan fingerprint density at radius 2 is 2.07 bits per heavy atom. The third-order valence-electron chi connectivity index (χ3n) is 2.89. The molecule has 0 bridgehead atoms. The zero-order valence-electron chi connectivity index (χ0n) is 9.20. The minimum absolute atomic E-state index is 0.417. The summed E-state index contributed by atoms with van der Waals surface area (Å²) in [6.07, 6.45) is 4.94. The molecule has 0 fully saturated rings. The maximum Gasteiger partial charge on any atom is 0.114 e. The zero-order valence-corrected chi connectivity index (χ0v) is 9.20. The van der Waals surface area contributed by atoms with Crippen LogP contribution >= 0.6 is 0 Å². The van der Waals surface area contributed by atoms with Crippen molar-refractivity contribution >= 4 is 0 Å². The molecule has 78 valence electrons. The van der Waals surface area contributed by atoms with Crippen molar-refractivity contribution in [1.82, 2.24) is 0 Å². The number of rotatable bonds is 1. The SMILES string of the molecule is CC1=CC(c2cccc(C)c2)CC=C1O. The molecule has 1 aliphatic carbocycles. The molecule has 1 nitrogen and oxygen atoms in total. The Morgan fingerprint density at radius 1 is 1.27 bits per heavy atom. The van der Waals surface area contributed by atoms with Crippen LogP contribution in [0.15, 0.2) is 47.7 Å². The first-order chi connectivity index (χ1) is 7.16. The standard InChI is InChI=1S/C14H16O/c1-10-4-3-5-12(8-10)13-6-7-14(15)11(2)9-13/h3-5,7-9,13,15H,6H2,1-2H3. The topological polar surface area (TPSA) is 20.2 Å². The molecule has 0 spiro atoms. The fraction of sp³-hybridized carbons (Fsp3) is 0.286. The quantitative estimate of drug-likeness (QED) is 0.729. The highest BCUT2D eigenvalue weighted by Crippen LogP contribution is 2.29. The van der Waals surface area contributed by atoms with E-state index in [2.05, 4.69) is 37.3 Å². The number of aryl methyl sites for hydroxylation is 1. The van der Waals surface area contributed by atoms with E-state index in [4.69, 9.17) is 0 Å². The molecule has 0 saturated carbocycles. The van der Waals surface area contributed by atoms with Crippen molar-refractivity contribution in [3.05, 3.63) is 58.9 Å². The first-order valence-electron chi connectivity index (χ1n) is 5.31. The van der Waals surface area contributed by atoms with Gasteiger partial charge in [0.1, 0.15) is 5.76 Å². The minimum Gasteiger partial charge on any atom is -0.508 e. The fourth-order valence-corrected chi connectivity index (χ4v) is 1.99. The van der Waals surface area contributed by atoms with E-state index in [1.54, 1.807) is 0 Å². The average Bonchev–Trinajstić information content (AvgIpc) is 2.22. The number of allylic oxidation sites excluding steroid dienone is 3. The number of aliphatic hydroxyl groups is 1. The van der Waals surface area contributed by atoms with Crippen LogP contribution in [0, 0.1) is 6.92 Å². The van der Waals surface area contributed by atoms with Gasteiger partial charge in [-0.25, -0.2) is 0 Å². The van der Waals surface area contributed by atoms with E-state index in [0.29, 0.717) is 11.7 Å². The van der Waals surface area contributed by atoms with E-state index >= 15 is 0 Å². The third kappa shape index (κ3) is 2.12. The molecule has 1 aromatic carbocycles. The zero-order chi connectivity index (χ0) is 10.8. The van der Waals surface area contributed by atoms with Crippen LogP contribution < -0.4 is 0 Å². The molecule has 1 aromatic rings. The first-order valence-corrected chi connectivity index (χ1v) is 5.31. The first kappa shape index (κ1) is 10.0. The van der Waals surface area contributed by atoms with Crippen LogP contribution in [0.25, 0.3) is 0 Å². The summed E-state index contributed by atoms with van der Waals surface area (Å²) in [5.41, 5.74) is 3.60. The van der Waals surface area contributed by atoms with Crippen molar-refractivity contribution in [1.29, 1.82) is 0 Å². The van der Waals surface area contributed by atoms with E-state index in [-0.39, 0.29) is 0 Å². The van der Waals surface area contributed by atoms with Crippen molar-refractivity contribution < 1.29 is 5.11 Å². The van der Waals surface area contributed by atoms with E-state index in [0.717, 1.165) is 12.0 Å². The lowest BCUT2D eigenvalue weighted by molar-refractivity contribution is 0.415. The van der Waals surface area contributed by atoms with Gasteiger partial charge in [0.2, 0.25) is 0 Å². The summed E-state index contributed by atoms with van der Waals surface area (Å²) < 4.78 is 0. The fourth-order valence-electron chi connectivity index (χ4n) is 1.99. The van der Waals surface area contributed by atoms with Crippen molar-refractivity contribution in [2.24, 2.45) is 0 Å². The van der Waals surface area contributed by atoms with Crippen LogP contribution in [0.4, 0.5) is 0 Å². The van der Waals surface area contributed by atoms with E-state index in [1.807, 2.05) is 13.0 Å². The Hall–Kier alpha value is -1.50. The molecule has 0 radical (unpaired) electrons. The summed E-state index contributed by atoms with van der Waals surface area (Å²) in [5.74, 6) is 0.847. The second kappa shape index (κ2) is 3.93. The van der Waals surface area contributed by atoms with Crippen LogP contribution in [0.5, 0.6) is 0 Å². The van der Waals surface area contributed by atoms with Gasteiger partial charge in [0.25, 0.3) is 0 Å². The molecule has 0 heterocycles. The van der Waals surface area contributed by atoms with Gasteiger partial charge >= 0.3 is 0 Å². The third-order valence-corrected chi connectivity index (χ3v) is 2.89. The van der Waals surface area contributed by atoms with Crippen molar-refractivity contribution in [2.45, 2.75) is 26.2 Å². The van der Waals surface area contributed by atoms with Gasteiger partial charge in [-0.2, -0.15) is 0 Å². The van der Waals surface area contributed by atoms with Crippen LogP contribution in [-0.2, 0) is 0 Å².